The maximum Gasteiger partial charge on any atom is 0.470 e. The van der Waals surface area contributed by atoms with Crippen LogP contribution in [-0.4, -0.2) is 49.8 Å². The summed E-state index contributed by atoms with van der Waals surface area (Å²) >= 11 is 1.21. The monoisotopic (exact) mass is 373 g/mol. The van der Waals surface area contributed by atoms with Gasteiger partial charge in [-0.3, -0.25) is 4.79 Å². The molecule has 25 heavy (non-hydrogen) atoms. The number of alkyl halides is 3. The first-order valence-corrected chi connectivity index (χ1v) is 8.50. The Hall–Kier alpha value is -2.17. The summed E-state index contributed by atoms with van der Waals surface area (Å²) in [6.45, 7) is 0.806. The summed E-state index contributed by atoms with van der Waals surface area (Å²) in [5.74, 6) is -1.79. The molecule has 0 radical (unpaired) electrons. The van der Waals surface area contributed by atoms with Crippen LogP contribution in [0.4, 0.5) is 13.2 Å². The Morgan fingerprint density at radius 3 is 2.76 bits per heavy atom. The summed E-state index contributed by atoms with van der Waals surface area (Å²) in [5.41, 5.74) is 0. The standard InChI is InChI=1S/C14H14F3N5O2S/c15-14(16,17)12-21-20-11(24-12)9-3-1-6-22(7-9)10(23)8-25-13-18-4-2-5-19-13/h2,4-5,9H,1,3,6-8H2. The van der Waals surface area contributed by atoms with Gasteiger partial charge in [0.25, 0.3) is 0 Å². The van der Waals surface area contributed by atoms with Gasteiger partial charge >= 0.3 is 12.1 Å². The number of rotatable bonds is 4. The number of halogens is 3. The number of piperidine rings is 1. The zero-order valence-corrected chi connectivity index (χ0v) is 13.8. The Morgan fingerprint density at radius 2 is 2.08 bits per heavy atom. The van der Waals surface area contributed by atoms with Crippen molar-refractivity contribution >= 4 is 17.7 Å². The van der Waals surface area contributed by atoms with Gasteiger partial charge in [0, 0.05) is 25.5 Å². The molecule has 0 bridgehead atoms. The molecule has 0 aromatic carbocycles. The molecule has 134 valence electrons. The average Bonchev–Trinajstić information content (AvgIpc) is 3.11. The summed E-state index contributed by atoms with van der Waals surface area (Å²) in [4.78, 5) is 22.0. The predicted molar refractivity (Wildman–Crippen MR) is 80.6 cm³/mol. The van der Waals surface area contributed by atoms with Crippen LogP contribution >= 0.6 is 11.8 Å². The van der Waals surface area contributed by atoms with Gasteiger partial charge in [0.05, 0.1) is 11.7 Å². The van der Waals surface area contributed by atoms with Crippen LogP contribution in [0.2, 0.25) is 0 Å². The molecule has 2 aromatic heterocycles. The number of thioether (sulfide) groups is 1. The largest absolute Gasteiger partial charge is 0.470 e. The first-order valence-electron chi connectivity index (χ1n) is 7.51. The number of hydrogen-bond donors (Lipinski definition) is 0. The zero-order chi connectivity index (χ0) is 17.9. The number of carbonyl (C=O) groups excluding carboxylic acids is 1. The van der Waals surface area contributed by atoms with Crippen LogP contribution in [0.25, 0.3) is 0 Å². The van der Waals surface area contributed by atoms with E-state index in [-0.39, 0.29) is 30.0 Å². The number of amides is 1. The Kier molecular flexibility index (Phi) is 5.21. The van der Waals surface area contributed by atoms with E-state index in [9.17, 15) is 18.0 Å². The lowest BCUT2D eigenvalue weighted by Crippen LogP contribution is -2.40. The fraction of sp³-hybridized carbons (Fsp3) is 0.500. The lowest BCUT2D eigenvalue weighted by molar-refractivity contribution is -0.157. The van der Waals surface area contributed by atoms with E-state index in [0.29, 0.717) is 24.5 Å². The lowest BCUT2D eigenvalue weighted by atomic mass is 9.98. The van der Waals surface area contributed by atoms with Crippen molar-refractivity contribution < 1.29 is 22.4 Å². The molecule has 0 spiro atoms. The van der Waals surface area contributed by atoms with Gasteiger partial charge in [0.2, 0.25) is 11.8 Å². The summed E-state index contributed by atoms with van der Waals surface area (Å²) < 4.78 is 42.4. The second-order valence-electron chi connectivity index (χ2n) is 5.44. The quantitative estimate of drug-likeness (QED) is 0.601. The van der Waals surface area contributed by atoms with Crippen molar-refractivity contribution in [1.29, 1.82) is 0 Å². The highest BCUT2D eigenvalue weighted by molar-refractivity contribution is 7.99. The van der Waals surface area contributed by atoms with E-state index in [0.717, 1.165) is 0 Å². The molecule has 1 amide bonds. The number of nitrogens with zero attached hydrogens (tertiary/aromatic N) is 5. The van der Waals surface area contributed by atoms with E-state index < -0.39 is 12.1 Å². The number of aromatic nitrogens is 4. The maximum absolute atomic E-state index is 12.6. The van der Waals surface area contributed by atoms with Crippen LogP contribution in [0, 0.1) is 0 Å². The zero-order valence-electron chi connectivity index (χ0n) is 12.9. The Bertz CT molecular complexity index is 725. The molecule has 3 heterocycles. The lowest BCUT2D eigenvalue weighted by Gasteiger charge is -2.31. The third-order valence-electron chi connectivity index (χ3n) is 3.67. The maximum atomic E-state index is 12.6. The molecule has 1 atom stereocenters. The van der Waals surface area contributed by atoms with Crippen LogP contribution in [0.1, 0.15) is 30.5 Å². The summed E-state index contributed by atoms with van der Waals surface area (Å²) in [6.07, 6.45) is -0.234. The predicted octanol–water partition coefficient (Wildman–Crippen LogP) is 2.38. The van der Waals surface area contributed by atoms with Crippen molar-refractivity contribution in [3.63, 3.8) is 0 Å². The van der Waals surface area contributed by atoms with E-state index in [2.05, 4.69) is 20.2 Å². The van der Waals surface area contributed by atoms with Crippen LogP contribution in [0.15, 0.2) is 28.0 Å². The third-order valence-corrected chi connectivity index (χ3v) is 4.53. The topological polar surface area (TPSA) is 85.0 Å². The first-order chi connectivity index (χ1) is 11.9. The third kappa shape index (κ3) is 4.47. The Labute approximate surface area is 145 Å². The number of likely N-dealkylation sites (tertiary alicyclic amines) is 1. The second kappa shape index (κ2) is 7.38. The average molecular weight is 373 g/mol. The van der Waals surface area contributed by atoms with E-state index in [1.54, 1.807) is 23.4 Å². The molecule has 0 N–H and O–H groups in total. The van der Waals surface area contributed by atoms with Crippen LogP contribution < -0.4 is 0 Å². The van der Waals surface area contributed by atoms with Gasteiger partial charge < -0.3 is 9.32 Å². The molecule has 0 aliphatic carbocycles. The molecule has 1 aliphatic heterocycles. The highest BCUT2D eigenvalue weighted by Gasteiger charge is 2.39. The molecule has 1 saturated heterocycles. The van der Waals surface area contributed by atoms with Gasteiger partial charge in [-0.25, -0.2) is 9.97 Å². The Morgan fingerprint density at radius 1 is 1.32 bits per heavy atom. The fourth-order valence-corrected chi connectivity index (χ4v) is 3.20. The molecule has 11 heteroatoms. The smallest absolute Gasteiger partial charge is 0.417 e. The minimum absolute atomic E-state index is 0.0797. The first kappa shape index (κ1) is 17.6. The van der Waals surface area contributed by atoms with Crippen molar-refractivity contribution in [1.82, 2.24) is 25.1 Å². The van der Waals surface area contributed by atoms with Crippen molar-refractivity contribution in [3.8, 4) is 0 Å². The van der Waals surface area contributed by atoms with Crippen molar-refractivity contribution in [3.05, 3.63) is 30.2 Å². The molecule has 1 unspecified atom stereocenters. The summed E-state index contributed by atoms with van der Waals surface area (Å²) in [7, 11) is 0. The molecule has 7 nitrogen and oxygen atoms in total. The molecular weight excluding hydrogens is 359 g/mol. The van der Waals surface area contributed by atoms with Gasteiger partial charge in [-0.2, -0.15) is 13.2 Å². The second-order valence-corrected chi connectivity index (χ2v) is 6.38. The van der Waals surface area contributed by atoms with Gasteiger partial charge in [-0.15, -0.1) is 10.2 Å². The molecular formula is C14H14F3N5O2S. The highest BCUT2D eigenvalue weighted by atomic mass is 32.2. The van der Waals surface area contributed by atoms with Crippen molar-refractivity contribution in [2.45, 2.75) is 30.1 Å². The normalized spacial score (nSPS) is 18.4. The SMILES string of the molecule is O=C(CSc1ncccn1)N1CCCC(c2nnc(C(F)(F)F)o2)C1. The molecule has 1 fully saturated rings. The van der Waals surface area contributed by atoms with E-state index in [1.807, 2.05) is 0 Å². The fourth-order valence-electron chi connectivity index (χ4n) is 2.50. The summed E-state index contributed by atoms with van der Waals surface area (Å²) in [6, 6.07) is 1.68. The van der Waals surface area contributed by atoms with Crippen LogP contribution in [0.3, 0.4) is 0 Å². The van der Waals surface area contributed by atoms with E-state index in [4.69, 9.17) is 4.42 Å². The molecule has 1 aliphatic rings. The van der Waals surface area contributed by atoms with Gasteiger partial charge in [-0.1, -0.05) is 11.8 Å². The minimum Gasteiger partial charge on any atom is -0.417 e. The van der Waals surface area contributed by atoms with E-state index in [1.165, 1.54) is 11.8 Å². The van der Waals surface area contributed by atoms with Gasteiger partial charge in [0.15, 0.2) is 5.16 Å². The van der Waals surface area contributed by atoms with Crippen LogP contribution in [-0.2, 0) is 11.0 Å². The molecule has 0 saturated carbocycles. The Balaban J connectivity index is 1.59. The van der Waals surface area contributed by atoms with E-state index >= 15 is 0 Å². The van der Waals surface area contributed by atoms with Gasteiger partial charge in [0.1, 0.15) is 0 Å². The highest BCUT2D eigenvalue weighted by Crippen LogP contribution is 2.32. The van der Waals surface area contributed by atoms with Crippen LogP contribution in [0.5, 0.6) is 0 Å². The van der Waals surface area contributed by atoms with Crippen molar-refractivity contribution in [2.24, 2.45) is 0 Å². The molecule has 3 rings (SSSR count). The van der Waals surface area contributed by atoms with Crippen molar-refractivity contribution in [2.75, 3.05) is 18.8 Å². The van der Waals surface area contributed by atoms with Gasteiger partial charge in [-0.05, 0) is 18.9 Å². The number of carbonyl (C=O) groups is 1. The number of hydrogen-bond acceptors (Lipinski definition) is 7. The molecule has 2 aromatic rings. The minimum atomic E-state index is -4.66. The summed E-state index contributed by atoms with van der Waals surface area (Å²) in [5, 5.41) is 7.03.